The van der Waals surface area contributed by atoms with Crippen molar-refractivity contribution in [3.8, 4) is 0 Å². The molecule has 2 aromatic rings. The lowest BCUT2D eigenvalue weighted by atomic mass is 10.1. The second-order valence-corrected chi connectivity index (χ2v) is 7.79. The predicted molar refractivity (Wildman–Crippen MR) is 108 cm³/mol. The molecule has 0 aliphatic carbocycles. The summed E-state index contributed by atoms with van der Waals surface area (Å²) in [6.45, 7) is 12.1. The van der Waals surface area contributed by atoms with Gasteiger partial charge in [-0.05, 0) is 57.2 Å². The Labute approximate surface area is 161 Å². The van der Waals surface area contributed by atoms with Gasteiger partial charge in [-0.25, -0.2) is 0 Å². The highest BCUT2D eigenvalue weighted by Gasteiger charge is 2.19. The third-order valence-electron chi connectivity index (χ3n) is 4.85. The van der Waals surface area contributed by atoms with Gasteiger partial charge >= 0.3 is 0 Å². The maximum absolute atomic E-state index is 12.9. The Bertz CT molecular complexity index is 848. The van der Waals surface area contributed by atoms with Gasteiger partial charge in [0.15, 0.2) is 0 Å². The van der Waals surface area contributed by atoms with E-state index in [9.17, 15) is 9.59 Å². The number of aromatic nitrogens is 3. The molecular formula is C21H32N4O2. The van der Waals surface area contributed by atoms with Crippen molar-refractivity contribution in [1.29, 1.82) is 0 Å². The van der Waals surface area contributed by atoms with E-state index < -0.39 is 0 Å². The van der Waals surface area contributed by atoms with Crippen molar-refractivity contribution in [2.75, 3.05) is 13.6 Å². The summed E-state index contributed by atoms with van der Waals surface area (Å²) in [5, 5.41) is 4.44. The highest BCUT2D eigenvalue weighted by molar-refractivity contribution is 5.95. The molecule has 6 nitrogen and oxygen atoms in total. The van der Waals surface area contributed by atoms with Crippen molar-refractivity contribution in [2.24, 2.45) is 5.92 Å². The Kier molecular flexibility index (Phi) is 6.99. The van der Waals surface area contributed by atoms with Gasteiger partial charge in [0.25, 0.3) is 11.5 Å². The van der Waals surface area contributed by atoms with Crippen molar-refractivity contribution < 1.29 is 4.79 Å². The van der Waals surface area contributed by atoms with Crippen LogP contribution in [0.4, 0.5) is 0 Å². The number of pyridine rings is 1. The number of aryl methyl sites for hydroxylation is 5. The minimum Gasteiger partial charge on any atom is -0.341 e. The standard InChI is InChI=1S/C21H32N4O2/c1-15(2)8-12-24-13-9-16(3)19(21(24)27)20(26)23(6)10-7-11-25-18(5)14-17(4)22-25/h9,13-15H,7-8,10-12H2,1-6H3. The topological polar surface area (TPSA) is 60.1 Å². The molecule has 2 rings (SSSR count). The SMILES string of the molecule is Cc1cc(C)n(CCCN(C)C(=O)c2c(C)ccn(CCC(C)C)c2=O)n1. The number of nitrogens with zero attached hydrogens (tertiary/aromatic N) is 4. The number of carbonyl (C=O) groups excluding carboxylic acids is 1. The smallest absolute Gasteiger partial charge is 0.263 e. The van der Waals surface area contributed by atoms with Crippen LogP contribution in [0.5, 0.6) is 0 Å². The lowest BCUT2D eigenvalue weighted by Crippen LogP contribution is -2.36. The first-order valence-electron chi connectivity index (χ1n) is 9.67. The van der Waals surface area contributed by atoms with Gasteiger partial charge in [0.1, 0.15) is 5.56 Å². The monoisotopic (exact) mass is 372 g/mol. The molecule has 27 heavy (non-hydrogen) atoms. The van der Waals surface area contributed by atoms with Gasteiger partial charge < -0.3 is 9.47 Å². The molecule has 0 N–H and O–H groups in total. The summed E-state index contributed by atoms with van der Waals surface area (Å²) in [6, 6.07) is 3.90. The molecule has 0 saturated heterocycles. The highest BCUT2D eigenvalue weighted by atomic mass is 16.2. The molecule has 2 aromatic heterocycles. The molecule has 0 unspecified atom stereocenters. The van der Waals surface area contributed by atoms with Crippen molar-refractivity contribution in [3.63, 3.8) is 0 Å². The van der Waals surface area contributed by atoms with Crippen molar-refractivity contribution in [2.45, 2.75) is 60.5 Å². The molecule has 2 heterocycles. The molecule has 0 spiro atoms. The summed E-state index contributed by atoms with van der Waals surface area (Å²) in [5.41, 5.74) is 2.95. The molecular weight excluding hydrogens is 340 g/mol. The molecule has 0 radical (unpaired) electrons. The number of carbonyl (C=O) groups is 1. The van der Waals surface area contributed by atoms with E-state index in [4.69, 9.17) is 0 Å². The Morgan fingerprint density at radius 3 is 2.52 bits per heavy atom. The van der Waals surface area contributed by atoms with Gasteiger partial charge in [-0.3, -0.25) is 14.3 Å². The van der Waals surface area contributed by atoms with Crippen LogP contribution in [0.15, 0.2) is 23.1 Å². The normalized spacial score (nSPS) is 11.2. The largest absolute Gasteiger partial charge is 0.341 e. The van der Waals surface area contributed by atoms with Gasteiger partial charge in [-0.15, -0.1) is 0 Å². The van der Waals surface area contributed by atoms with E-state index in [2.05, 4.69) is 18.9 Å². The third kappa shape index (κ3) is 5.31. The lowest BCUT2D eigenvalue weighted by molar-refractivity contribution is 0.0788. The first-order valence-corrected chi connectivity index (χ1v) is 9.67. The molecule has 0 aliphatic rings. The first kappa shape index (κ1) is 20.9. The van der Waals surface area contributed by atoms with Crippen LogP contribution in [0, 0.1) is 26.7 Å². The summed E-state index contributed by atoms with van der Waals surface area (Å²) in [7, 11) is 1.76. The average molecular weight is 373 g/mol. The maximum Gasteiger partial charge on any atom is 0.263 e. The molecule has 1 amide bonds. The fourth-order valence-corrected chi connectivity index (χ4v) is 3.15. The van der Waals surface area contributed by atoms with Crippen LogP contribution in [0.1, 0.15) is 54.0 Å². The molecule has 0 aromatic carbocycles. The zero-order valence-electron chi connectivity index (χ0n) is 17.5. The van der Waals surface area contributed by atoms with Crippen LogP contribution in [-0.2, 0) is 13.1 Å². The van der Waals surface area contributed by atoms with Gasteiger partial charge in [0.2, 0.25) is 0 Å². The van der Waals surface area contributed by atoms with Crippen LogP contribution < -0.4 is 5.56 Å². The van der Waals surface area contributed by atoms with E-state index in [0.29, 0.717) is 19.0 Å². The third-order valence-corrected chi connectivity index (χ3v) is 4.85. The Hall–Kier alpha value is -2.37. The molecule has 0 atom stereocenters. The second kappa shape index (κ2) is 9.02. The lowest BCUT2D eigenvalue weighted by Gasteiger charge is -2.19. The Balaban J connectivity index is 2.06. The zero-order chi connectivity index (χ0) is 20.1. The minimum absolute atomic E-state index is 0.189. The van der Waals surface area contributed by atoms with Crippen LogP contribution in [0.3, 0.4) is 0 Å². The number of amides is 1. The van der Waals surface area contributed by atoms with E-state index in [0.717, 1.165) is 36.3 Å². The maximum atomic E-state index is 12.9. The average Bonchev–Trinajstić information content (AvgIpc) is 2.91. The van der Waals surface area contributed by atoms with Gasteiger partial charge in [-0.1, -0.05) is 13.8 Å². The van der Waals surface area contributed by atoms with E-state index in [-0.39, 0.29) is 17.0 Å². The number of hydrogen-bond acceptors (Lipinski definition) is 3. The van der Waals surface area contributed by atoms with Crippen molar-refractivity contribution in [3.05, 3.63) is 51.2 Å². The first-order chi connectivity index (χ1) is 12.7. The molecule has 0 saturated carbocycles. The van der Waals surface area contributed by atoms with Crippen molar-refractivity contribution in [1.82, 2.24) is 19.2 Å². The van der Waals surface area contributed by atoms with Gasteiger partial charge in [-0.2, -0.15) is 5.10 Å². The van der Waals surface area contributed by atoms with Crippen LogP contribution >= 0.6 is 0 Å². The van der Waals surface area contributed by atoms with Gasteiger partial charge in [0, 0.05) is 38.6 Å². The van der Waals surface area contributed by atoms with E-state index in [1.165, 1.54) is 0 Å². The van der Waals surface area contributed by atoms with E-state index in [1.807, 2.05) is 37.6 Å². The fraction of sp³-hybridized carbons (Fsp3) is 0.571. The van der Waals surface area contributed by atoms with E-state index in [1.54, 1.807) is 22.7 Å². The van der Waals surface area contributed by atoms with Crippen LogP contribution in [0.25, 0.3) is 0 Å². The Morgan fingerprint density at radius 2 is 1.93 bits per heavy atom. The molecule has 0 aliphatic heterocycles. The number of rotatable bonds is 8. The molecule has 0 bridgehead atoms. The summed E-state index contributed by atoms with van der Waals surface area (Å²) in [5.74, 6) is 0.305. The molecule has 0 fully saturated rings. The minimum atomic E-state index is -0.204. The second-order valence-electron chi connectivity index (χ2n) is 7.79. The Morgan fingerprint density at radius 1 is 1.22 bits per heavy atom. The van der Waals surface area contributed by atoms with Crippen LogP contribution in [0.2, 0.25) is 0 Å². The zero-order valence-corrected chi connectivity index (χ0v) is 17.5. The van der Waals surface area contributed by atoms with Gasteiger partial charge in [0.05, 0.1) is 5.69 Å². The summed E-state index contributed by atoms with van der Waals surface area (Å²) in [4.78, 5) is 27.3. The molecule has 6 heteroatoms. The fourth-order valence-electron chi connectivity index (χ4n) is 3.15. The summed E-state index contributed by atoms with van der Waals surface area (Å²) >= 11 is 0. The quantitative estimate of drug-likeness (QED) is 0.715. The highest BCUT2D eigenvalue weighted by Crippen LogP contribution is 2.09. The summed E-state index contributed by atoms with van der Waals surface area (Å²) in [6.07, 6.45) is 3.49. The van der Waals surface area contributed by atoms with Crippen molar-refractivity contribution >= 4 is 5.91 Å². The summed E-state index contributed by atoms with van der Waals surface area (Å²) < 4.78 is 3.62. The van der Waals surface area contributed by atoms with Crippen LogP contribution in [-0.4, -0.2) is 38.7 Å². The molecule has 148 valence electrons. The number of hydrogen-bond donors (Lipinski definition) is 0. The van der Waals surface area contributed by atoms with E-state index >= 15 is 0 Å². The predicted octanol–water partition coefficient (Wildman–Crippen LogP) is 3.18.